The Bertz CT molecular complexity index is 239. The van der Waals surface area contributed by atoms with E-state index in [4.69, 9.17) is 23.2 Å². The molecule has 1 aromatic rings. The molecule has 1 heterocycles. The highest BCUT2D eigenvalue weighted by Gasteiger charge is 1.98. The molecule has 0 atom stereocenters. The summed E-state index contributed by atoms with van der Waals surface area (Å²) in [5, 5.41) is 0.650. The van der Waals surface area contributed by atoms with Crippen molar-refractivity contribution < 1.29 is 0 Å². The average Bonchev–Trinajstić information content (AvgIpc) is 1.88. The smallest absolute Gasteiger partial charge is 0.107 e. The Labute approximate surface area is 77.5 Å². The molecule has 4 heteroatoms. The van der Waals surface area contributed by atoms with Gasteiger partial charge >= 0.3 is 0 Å². The second kappa shape index (κ2) is 3.56. The van der Waals surface area contributed by atoms with Gasteiger partial charge in [0.05, 0.1) is 5.88 Å². The molecule has 0 spiro atoms. The minimum absolute atomic E-state index is 0.402. The van der Waals surface area contributed by atoms with E-state index >= 15 is 0 Å². The van der Waals surface area contributed by atoms with Gasteiger partial charge in [-0.1, -0.05) is 11.6 Å². The van der Waals surface area contributed by atoms with Gasteiger partial charge in [-0.15, -0.1) is 11.6 Å². The van der Waals surface area contributed by atoms with Gasteiger partial charge in [-0.3, -0.25) is 0 Å². The van der Waals surface area contributed by atoms with Crippen LogP contribution in [0.5, 0.6) is 0 Å². The van der Waals surface area contributed by atoms with Gasteiger partial charge in [0.1, 0.15) is 4.60 Å². The zero-order valence-electron chi connectivity index (χ0n) is 4.94. The van der Waals surface area contributed by atoms with Crippen LogP contribution in [-0.4, -0.2) is 4.98 Å². The van der Waals surface area contributed by atoms with Crippen molar-refractivity contribution in [2.45, 2.75) is 5.88 Å². The molecule has 0 aromatic carbocycles. The second-order valence-corrected chi connectivity index (χ2v) is 3.22. The lowest BCUT2D eigenvalue weighted by atomic mass is 10.3. The van der Waals surface area contributed by atoms with E-state index in [2.05, 4.69) is 20.9 Å². The Morgan fingerprint density at radius 2 is 2.30 bits per heavy atom. The zero-order valence-corrected chi connectivity index (χ0v) is 8.04. The first-order valence-corrected chi connectivity index (χ1v) is 4.30. The predicted octanol–water partition coefficient (Wildman–Crippen LogP) is 3.24. The number of alkyl halides is 1. The SMILES string of the molecule is ClCc1cnc(Br)cc1Cl. The maximum atomic E-state index is 5.78. The van der Waals surface area contributed by atoms with Crippen molar-refractivity contribution in [3.05, 3.63) is 27.5 Å². The molecule has 0 amide bonds. The highest BCUT2D eigenvalue weighted by molar-refractivity contribution is 9.10. The molecule has 0 unspecified atom stereocenters. The van der Waals surface area contributed by atoms with Gasteiger partial charge in [0.15, 0.2) is 0 Å². The third-order valence-corrected chi connectivity index (χ3v) is 2.11. The van der Waals surface area contributed by atoms with Crippen LogP contribution in [0.4, 0.5) is 0 Å². The molecule has 0 radical (unpaired) electrons. The summed E-state index contributed by atoms with van der Waals surface area (Å²) in [6, 6.07) is 1.72. The molecule has 0 bridgehead atoms. The number of hydrogen-bond acceptors (Lipinski definition) is 1. The third kappa shape index (κ3) is 1.84. The number of halogens is 3. The minimum atomic E-state index is 0.402. The molecule has 0 saturated carbocycles. The molecule has 10 heavy (non-hydrogen) atoms. The lowest BCUT2D eigenvalue weighted by Gasteiger charge is -1.97. The van der Waals surface area contributed by atoms with Crippen LogP contribution in [0.1, 0.15) is 5.56 Å². The van der Waals surface area contributed by atoms with Crippen molar-refractivity contribution in [2.24, 2.45) is 0 Å². The van der Waals surface area contributed by atoms with Gasteiger partial charge < -0.3 is 0 Å². The lowest BCUT2D eigenvalue weighted by Crippen LogP contribution is -1.82. The monoisotopic (exact) mass is 239 g/mol. The summed E-state index contributed by atoms with van der Waals surface area (Å²) in [6.45, 7) is 0. The Hall–Kier alpha value is 0.210. The molecule has 1 nitrogen and oxygen atoms in total. The van der Waals surface area contributed by atoms with Crippen molar-refractivity contribution in [1.29, 1.82) is 0 Å². The predicted molar refractivity (Wildman–Crippen MR) is 46.5 cm³/mol. The van der Waals surface area contributed by atoms with Gasteiger partial charge in [0.25, 0.3) is 0 Å². The van der Waals surface area contributed by atoms with E-state index in [1.54, 1.807) is 12.3 Å². The second-order valence-electron chi connectivity index (χ2n) is 1.73. The molecule has 0 fully saturated rings. The van der Waals surface area contributed by atoms with E-state index in [-0.39, 0.29) is 0 Å². The third-order valence-electron chi connectivity index (χ3n) is 1.04. The van der Waals surface area contributed by atoms with Crippen LogP contribution in [0.15, 0.2) is 16.9 Å². The fourth-order valence-corrected chi connectivity index (χ4v) is 1.50. The first-order chi connectivity index (χ1) is 4.74. The summed E-state index contributed by atoms with van der Waals surface area (Å²) in [6.07, 6.45) is 1.65. The van der Waals surface area contributed by atoms with Crippen molar-refractivity contribution in [3.63, 3.8) is 0 Å². The summed E-state index contributed by atoms with van der Waals surface area (Å²) >= 11 is 14.5. The van der Waals surface area contributed by atoms with Crippen LogP contribution in [0.2, 0.25) is 5.02 Å². The Balaban J connectivity index is 3.07. The van der Waals surface area contributed by atoms with Crippen LogP contribution in [0.3, 0.4) is 0 Å². The molecular formula is C6H4BrCl2N. The summed E-state index contributed by atoms with van der Waals surface area (Å²) in [4.78, 5) is 3.96. The molecule has 0 N–H and O–H groups in total. The van der Waals surface area contributed by atoms with Gasteiger partial charge in [0, 0.05) is 16.8 Å². The molecule has 1 rings (SSSR count). The standard InChI is InChI=1S/C6H4BrCl2N/c7-6-1-5(9)4(2-8)3-10-6/h1,3H,2H2. The van der Waals surface area contributed by atoms with Gasteiger partial charge in [-0.25, -0.2) is 4.98 Å². The summed E-state index contributed by atoms with van der Waals surface area (Å²) in [7, 11) is 0. The van der Waals surface area contributed by atoms with Gasteiger partial charge in [-0.2, -0.15) is 0 Å². The molecule has 1 aromatic heterocycles. The summed E-state index contributed by atoms with van der Waals surface area (Å²) in [5.41, 5.74) is 0.853. The number of hydrogen-bond donors (Lipinski definition) is 0. The minimum Gasteiger partial charge on any atom is -0.249 e. The van der Waals surface area contributed by atoms with Crippen LogP contribution >= 0.6 is 39.1 Å². The van der Waals surface area contributed by atoms with Crippen molar-refractivity contribution >= 4 is 39.1 Å². The van der Waals surface area contributed by atoms with E-state index in [1.165, 1.54) is 0 Å². The van der Waals surface area contributed by atoms with Gasteiger partial charge in [0.2, 0.25) is 0 Å². The number of rotatable bonds is 1. The first-order valence-electron chi connectivity index (χ1n) is 2.60. The quantitative estimate of drug-likeness (QED) is 0.543. The number of pyridine rings is 1. The van der Waals surface area contributed by atoms with Crippen molar-refractivity contribution in [3.8, 4) is 0 Å². The zero-order chi connectivity index (χ0) is 7.56. The maximum absolute atomic E-state index is 5.78. The fourth-order valence-electron chi connectivity index (χ4n) is 0.534. The fraction of sp³-hybridized carbons (Fsp3) is 0.167. The molecule has 0 aliphatic rings. The number of nitrogens with zero attached hydrogens (tertiary/aromatic N) is 1. The highest BCUT2D eigenvalue weighted by Crippen LogP contribution is 2.19. The normalized spacial score (nSPS) is 9.90. The number of aromatic nitrogens is 1. The van der Waals surface area contributed by atoms with Crippen LogP contribution in [-0.2, 0) is 5.88 Å². The van der Waals surface area contributed by atoms with E-state index < -0.39 is 0 Å². The molecular weight excluding hydrogens is 237 g/mol. The Morgan fingerprint density at radius 3 is 2.80 bits per heavy atom. The van der Waals surface area contributed by atoms with Gasteiger partial charge in [-0.05, 0) is 22.0 Å². The highest BCUT2D eigenvalue weighted by atomic mass is 79.9. The van der Waals surface area contributed by atoms with Crippen LogP contribution in [0, 0.1) is 0 Å². The first kappa shape index (κ1) is 8.31. The summed E-state index contributed by atoms with van der Waals surface area (Å²) in [5.74, 6) is 0.402. The largest absolute Gasteiger partial charge is 0.249 e. The van der Waals surface area contributed by atoms with E-state index in [0.717, 1.165) is 10.2 Å². The molecule has 0 saturated heterocycles. The maximum Gasteiger partial charge on any atom is 0.107 e. The van der Waals surface area contributed by atoms with Crippen LogP contribution < -0.4 is 0 Å². The Morgan fingerprint density at radius 1 is 1.60 bits per heavy atom. The topological polar surface area (TPSA) is 12.9 Å². The van der Waals surface area contributed by atoms with Crippen LogP contribution in [0.25, 0.3) is 0 Å². The van der Waals surface area contributed by atoms with E-state index in [0.29, 0.717) is 10.9 Å². The van der Waals surface area contributed by atoms with Crippen molar-refractivity contribution in [1.82, 2.24) is 4.98 Å². The lowest BCUT2D eigenvalue weighted by molar-refractivity contribution is 1.21. The average molecular weight is 241 g/mol. The molecule has 0 aliphatic carbocycles. The summed E-state index contributed by atoms with van der Waals surface area (Å²) < 4.78 is 0.728. The molecule has 0 aliphatic heterocycles. The molecule has 54 valence electrons. The van der Waals surface area contributed by atoms with Crippen molar-refractivity contribution in [2.75, 3.05) is 0 Å². The van der Waals surface area contributed by atoms with E-state index in [9.17, 15) is 0 Å². The Kier molecular flexibility index (Phi) is 2.96. The van der Waals surface area contributed by atoms with E-state index in [1.807, 2.05) is 0 Å².